The fourth-order valence-electron chi connectivity index (χ4n) is 3.93. The molecular formula is C26H22N6O. The quantitative estimate of drug-likeness (QED) is 0.407. The van der Waals surface area contributed by atoms with Crippen LogP contribution in [0.1, 0.15) is 11.3 Å². The Bertz CT molecular complexity index is 1620. The van der Waals surface area contributed by atoms with Crippen LogP contribution in [0.25, 0.3) is 32.9 Å². The predicted molar refractivity (Wildman–Crippen MR) is 135 cm³/mol. The number of pyridine rings is 2. The maximum absolute atomic E-state index is 13.5. The third kappa shape index (κ3) is 3.80. The third-order valence-corrected chi connectivity index (χ3v) is 5.63. The Kier molecular flexibility index (Phi) is 5.28. The number of aliphatic imine (C=N–C) groups is 1. The van der Waals surface area contributed by atoms with Crippen molar-refractivity contribution in [3.8, 4) is 0 Å². The van der Waals surface area contributed by atoms with E-state index in [9.17, 15) is 4.79 Å². The molecule has 7 nitrogen and oxygen atoms in total. The monoisotopic (exact) mass is 434 g/mol. The second-order valence-corrected chi connectivity index (χ2v) is 7.66. The van der Waals surface area contributed by atoms with Crippen LogP contribution < -0.4 is 16.5 Å². The number of nitrogens with zero attached hydrogens (tertiary/aromatic N) is 4. The van der Waals surface area contributed by atoms with Crippen molar-refractivity contribution in [3.63, 3.8) is 0 Å². The normalized spacial score (nSPS) is 12.2. The van der Waals surface area contributed by atoms with Gasteiger partial charge in [0.05, 0.1) is 24.0 Å². The number of rotatable bonds is 5. The molecule has 0 aliphatic heterocycles. The summed E-state index contributed by atoms with van der Waals surface area (Å²) in [5, 5.41) is 5.42. The summed E-state index contributed by atoms with van der Waals surface area (Å²) in [5.41, 5.74) is 10.5. The van der Waals surface area contributed by atoms with E-state index in [-0.39, 0.29) is 5.43 Å². The van der Waals surface area contributed by atoms with Crippen LogP contribution in [-0.4, -0.2) is 27.6 Å². The van der Waals surface area contributed by atoms with Gasteiger partial charge < -0.3 is 15.5 Å². The molecule has 0 aliphatic rings. The summed E-state index contributed by atoms with van der Waals surface area (Å²) in [6, 6.07) is 17.3. The molecule has 0 aliphatic carbocycles. The van der Waals surface area contributed by atoms with Gasteiger partial charge in [-0.3, -0.25) is 14.8 Å². The summed E-state index contributed by atoms with van der Waals surface area (Å²) in [6.07, 6.45) is 8.65. The minimum Gasteiger partial charge on any atom is -0.404 e. The zero-order valence-electron chi connectivity index (χ0n) is 18.1. The van der Waals surface area contributed by atoms with Gasteiger partial charge >= 0.3 is 0 Å². The Balaban J connectivity index is 1.56. The Labute approximate surface area is 190 Å². The first-order valence-corrected chi connectivity index (χ1v) is 10.5. The SMILES string of the molecule is CN=CC(=CN)c1cnc2ccc3ccc(NCc4cnc5ccccn45)cc3c(=O)c2c1. The van der Waals surface area contributed by atoms with E-state index < -0.39 is 0 Å². The Hall–Kier alpha value is -4.52. The molecule has 33 heavy (non-hydrogen) atoms. The van der Waals surface area contributed by atoms with Gasteiger partial charge in [-0.2, -0.15) is 0 Å². The van der Waals surface area contributed by atoms with Gasteiger partial charge in [-0.25, -0.2) is 4.98 Å². The fourth-order valence-corrected chi connectivity index (χ4v) is 3.93. The van der Waals surface area contributed by atoms with Gasteiger partial charge in [0.2, 0.25) is 0 Å². The van der Waals surface area contributed by atoms with Gasteiger partial charge in [0.25, 0.3) is 0 Å². The van der Waals surface area contributed by atoms with Crippen LogP contribution in [0, 0.1) is 0 Å². The highest BCUT2D eigenvalue weighted by atomic mass is 16.1. The smallest absolute Gasteiger partial charge is 0.195 e. The molecule has 5 aromatic rings. The number of benzene rings is 1. The molecule has 0 saturated carbocycles. The van der Waals surface area contributed by atoms with Crippen molar-refractivity contribution in [1.82, 2.24) is 14.4 Å². The van der Waals surface area contributed by atoms with E-state index in [1.54, 1.807) is 19.5 Å². The molecule has 3 aromatic heterocycles. The number of nitrogens with two attached hydrogens (primary N) is 1. The second kappa shape index (κ2) is 8.55. The molecule has 0 radical (unpaired) electrons. The third-order valence-electron chi connectivity index (χ3n) is 5.63. The largest absolute Gasteiger partial charge is 0.404 e. The number of hydrogen-bond donors (Lipinski definition) is 2. The molecule has 5 rings (SSSR count). The van der Waals surface area contributed by atoms with E-state index >= 15 is 0 Å². The minimum absolute atomic E-state index is 0.0809. The van der Waals surface area contributed by atoms with Crippen molar-refractivity contribution >= 4 is 44.8 Å². The molecule has 162 valence electrons. The van der Waals surface area contributed by atoms with Crippen LogP contribution in [0.4, 0.5) is 5.69 Å². The molecule has 0 saturated heterocycles. The Morgan fingerprint density at radius 3 is 2.82 bits per heavy atom. The second-order valence-electron chi connectivity index (χ2n) is 7.66. The molecule has 7 heteroatoms. The van der Waals surface area contributed by atoms with Gasteiger partial charge in [-0.1, -0.05) is 18.2 Å². The molecule has 0 bridgehead atoms. The molecule has 3 heterocycles. The van der Waals surface area contributed by atoms with Crippen molar-refractivity contribution in [3.05, 3.63) is 101 Å². The lowest BCUT2D eigenvalue weighted by atomic mass is 10.1. The highest BCUT2D eigenvalue weighted by molar-refractivity contribution is 6.10. The maximum Gasteiger partial charge on any atom is 0.195 e. The van der Waals surface area contributed by atoms with Crippen molar-refractivity contribution in [2.24, 2.45) is 10.7 Å². The summed E-state index contributed by atoms with van der Waals surface area (Å²) in [7, 11) is 1.67. The van der Waals surface area contributed by atoms with E-state index in [4.69, 9.17) is 5.73 Å². The van der Waals surface area contributed by atoms with Crippen LogP contribution in [0.2, 0.25) is 0 Å². The zero-order chi connectivity index (χ0) is 22.8. The van der Waals surface area contributed by atoms with E-state index in [1.165, 1.54) is 6.20 Å². The highest BCUT2D eigenvalue weighted by Gasteiger charge is 2.08. The molecule has 3 N–H and O–H groups in total. The topological polar surface area (TPSA) is 97.7 Å². The van der Waals surface area contributed by atoms with E-state index in [0.29, 0.717) is 28.4 Å². The van der Waals surface area contributed by atoms with Gasteiger partial charge in [-0.15, -0.1) is 0 Å². The number of nitrogens with one attached hydrogen (secondary N) is 1. The molecule has 0 spiro atoms. The number of fused-ring (bicyclic) bond motifs is 3. The van der Waals surface area contributed by atoms with E-state index in [2.05, 4.69) is 20.3 Å². The first-order chi connectivity index (χ1) is 16.2. The predicted octanol–water partition coefficient (Wildman–Crippen LogP) is 4.01. The lowest BCUT2D eigenvalue weighted by Crippen LogP contribution is -2.04. The zero-order valence-corrected chi connectivity index (χ0v) is 18.1. The lowest BCUT2D eigenvalue weighted by Gasteiger charge is -2.07. The maximum atomic E-state index is 13.5. The van der Waals surface area contributed by atoms with Crippen LogP contribution in [0.5, 0.6) is 0 Å². The van der Waals surface area contributed by atoms with Crippen LogP contribution in [0.3, 0.4) is 0 Å². The average molecular weight is 435 g/mol. The minimum atomic E-state index is -0.0809. The molecule has 2 aromatic carbocycles. The van der Waals surface area contributed by atoms with E-state index in [1.807, 2.05) is 71.4 Å². The molecule has 0 atom stereocenters. The summed E-state index contributed by atoms with van der Waals surface area (Å²) in [6.45, 7) is 0.581. The van der Waals surface area contributed by atoms with Gasteiger partial charge in [0, 0.05) is 59.5 Å². The van der Waals surface area contributed by atoms with Crippen LogP contribution in [-0.2, 0) is 6.54 Å². The number of aromatic nitrogens is 3. The average Bonchev–Trinajstić information content (AvgIpc) is 3.21. The first kappa shape index (κ1) is 20.4. The van der Waals surface area contributed by atoms with Crippen LogP contribution in [0.15, 0.2) is 89.2 Å². The number of hydrogen-bond acceptors (Lipinski definition) is 6. The van der Waals surface area contributed by atoms with Gasteiger partial charge in [0.1, 0.15) is 5.65 Å². The number of anilines is 1. The fraction of sp³-hybridized carbons (Fsp3) is 0.0769. The van der Waals surface area contributed by atoms with Gasteiger partial charge in [-0.05, 0) is 41.8 Å². The molecular weight excluding hydrogens is 412 g/mol. The Morgan fingerprint density at radius 2 is 1.97 bits per heavy atom. The summed E-state index contributed by atoms with van der Waals surface area (Å²) < 4.78 is 2.04. The number of allylic oxidation sites excluding steroid dienone is 1. The molecule has 0 unspecified atom stereocenters. The van der Waals surface area contributed by atoms with Crippen molar-refractivity contribution in [1.29, 1.82) is 0 Å². The van der Waals surface area contributed by atoms with E-state index in [0.717, 1.165) is 28.0 Å². The highest BCUT2D eigenvalue weighted by Crippen LogP contribution is 2.21. The summed E-state index contributed by atoms with van der Waals surface area (Å²) in [4.78, 5) is 26.4. The lowest BCUT2D eigenvalue weighted by molar-refractivity contribution is 1.00. The van der Waals surface area contributed by atoms with Crippen LogP contribution >= 0.6 is 0 Å². The van der Waals surface area contributed by atoms with Crippen molar-refractivity contribution in [2.75, 3.05) is 12.4 Å². The molecule has 0 amide bonds. The summed E-state index contributed by atoms with van der Waals surface area (Å²) in [5.74, 6) is 0. The first-order valence-electron chi connectivity index (χ1n) is 10.5. The van der Waals surface area contributed by atoms with Crippen molar-refractivity contribution in [2.45, 2.75) is 6.54 Å². The number of imidazole rings is 1. The summed E-state index contributed by atoms with van der Waals surface area (Å²) >= 11 is 0. The molecule has 0 fully saturated rings. The van der Waals surface area contributed by atoms with Crippen molar-refractivity contribution < 1.29 is 0 Å². The Morgan fingerprint density at radius 1 is 1.09 bits per heavy atom. The standard InChI is InChI=1S/C26H22N6O/c1-28-13-19(12-27)18-10-23-24(30-14-18)8-6-17-5-7-20(11-22(17)26(23)33)29-15-21-16-31-25-4-2-3-9-32(21)25/h2-14,16,29H,15,27H2,1H3. The van der Waals surface area contributed by atoms with Gasteiger partial charge in [0.15, 0.2) is 5.43 Å².